The molecule has 0 saturated heterocycles. The van der Waals surface area contributed by atoms with Crippen LogP contribution < -0.4 is 24.7 Å². The molecule has 1 amide bonds. The van der Waals surface area contributed by atoms with E-state index in [1.807, 2.05) is 60.4 Å². The molecular weight excluding hydrogens is 534 g/mol. The minimum Gasteiger partial charge on any atom is -0.497 e. The number of nitrogens with two attached hydrogens (primary N) is 1. The second kappa shape index (κ2) is 12.9. The van der Waals surface area contributed by atoms with Crippen LogP contribution in [0.1, 0.15) is 46.0 Å². The highest BCUT2D eigenvalue weighted by atomic mass is 16.5. The average Bonchev–Trinajstić information content (AvgIpc) is 3.53. The van der Waals surface area contributed by atoms with Gasteiger partial charge in [-0.1, -0.05) is 12.1 Å². The molecule has 1 atom stereocenters. The highest BCUT2D eigenvalue weighted by Gasteiger charge is 2.34. The lowest BCUT2D eigenvalue weighted by atomic mass is 9.85. The zero-order valence-electron chi connectivity index (χ0n) is 24.5. The summed E-state index contributed by atoms with van der Waals surface area (Å²) in [4.78, 5) is 19.8. The smallest absolute Gasteiger partial charge is 0.223 e. The van der Waals surface area contributed by atoms with E-state index in [0.29, 0.717) is 61.8 Å². The first kappa shape index (κ1) is 28.9. The van der Waals surface area contributed by atoms with E-state index >= 15 is 0 Å². The van der Waals surface area contributed by atoms with Gasteiger partial charge in [-0.25, -0.2) is 4.98 Å². The maximum absolute atomic E-state index is 13.7. The predicted molar refractivity (Wildman–Crippen MR) is 159 cm³/mol. The number of methoxy groups -OCH3 is 3. The fraction of sp³-hybridized carbons (Fsp3) is 0.333. The van der Waals surface area contributed by atoms with Gasteiger partial charge in [0.1, 0.15) is 17.8 Å². The van der Waals surface area contributed by atoms with Gasteiger partial charge in [0, 0.05) is 25.8 Å². The normalized spacial score (nSPS) is 14.3. The first-order chi connectivity index (χ1) is 20.4. The number of oxazole rings is 1. The van der Waals surface area contributed by atoms with Gasteiger partial charge in [0.25, 0.3) is 0 Å². The third-order valence-corrected chi connectivity index (χ3v) is 7.77. The molecule has 0 fully saturated rings. The number of rotatable bonds is 11. The van der Waals surface area contributed by atoms with Gasteiger partial charge in [0.05, 0.1) is 45.4 Å². The summed E-state index contributed by atoms with van der Waals surface area (Å²) in [6, 6.07) is 15.5. The van der Waals surface area contributed by atoms with E-state index < -0.39 is 0 Å². The van der Waals surface area contributed by atoms with Gasteiger partial charge in [-0.3, -0.25) is 4.79 Å². The number of ether oxygens (including phenoxy) is 4. The van der Waals surface area contributed by atoms with Crippen LogP contribution in [0.3, 0.4) is 0 Å². The van der Waals surface area contributed by atoms with E-state index in [9.17, 15) is 4.79 Å². The molecule has 5 rings (SSSR count). The lowest BCUT2D eigenvalue weighted by molar-refractivity contribution is -0.133. The maximum atomic E-state index is 13.7. The molecule has 2 N–H and O–H groups in total. The van der Waals surface area contributed by atoms with Gasteiger partial charge >= 0.3 is 0 Å². The van der Waals surface area contributed by atoms with Crippen LogP contribution in [0.4, 0.5) is 5.69 Å². The lowest BCUT2D eigenvalue weighted by Gasteiger charge is -2.39. The fourth-order valence-corrected chi connectivity index (χ4v) is 5.54. The molecule has 0 aliphatic carbocycles. The zero-order valence-corrected chi connectivity index (χ0v) is 24.5. The molecule has 2 heterocycles. The van der Waals surface area contributed by atoms with Crippen molar-refractivity contribution < 1.29 is 28.2 Å². The molecule has 1 aromatic heterocycles. The van der Waals surface area contributed by atoms with Gasteiger partial charge in [0.2, 0.25) is 5.91 Å². The first-order valence-electron chi connectivity index (χ1n) is 14.0. The van der Waals surface area contributed by atoms with Crippen LogP contribution in [0.15, 0.2) is 65.6 Å². The van der Waals surface area contributed by atoms with E-state index in [-0.39, 0.29) is 11.9 Å². The first-order valence-corrected chi connectivity index (χ1v) is 14.0. The SMILES string of the molecule is COc1ccc(C2c3cc(OCCc4ccc(OC)c(N)c4)c(OC)cc3CCN2C(=O)CCc2cocn2)c(C)c1. The molecule has 0 saturated carbocycles. The van der Waals surface area contributed by atoms with Crippen molar-refractivity contribution in [2.45, 2.75) is 38.6 Å². The molecule has 1 unspecified atom stereocenters. The summed E-state index contributed by atoms with van der Waals surface area (Å²) < 4.78 is 27.9. The number of hydrogen-bond donors (Lipinski definition) is 1. The molecule has 3 aromatic carbocycles. The largest absolute Gasteiger partial charge is 0.497 e. The van der Waals surface area contributed by atoms with Crippen LogP contribution in [-0.4, -0.2) is 50.3 Å². The van der Waals surface area contributed by atoms with E-state index in [1.54, 1.807) is 27.6 Å². The third-order valence-electron chi connectivity index (χ3n) is 7.77. The predicted octanol–water partition coefficient (Wildman–Crippen LogP) is 5.32. The maximum Gasteiger partial charge on any atom is 0.223 e. The molecule has 4 aromatic rings. The average molecular weight is 572 g/mol. The summed E-state index contributed by atoms with van der Waals surface area (Å²) in [6.07, 6.45) is 5.18. The number of nitrogens with zero attached hydrogens (tertiary/aromatic N) is 2. The summed E-state index contributed by atoms with van der Waals surface area (Å²) in [5.41, 5.74) is 12.7. The number of aromatic nitrogens is 1. The molecule has 0 bridgehead atoms. The Labute approximate surface area is 246 Å². The molecule has 0 radical (unpaired) electrons. The van der Waals surface area contributed by atoms with Crippen LogP contribution in [0, 0.1) is 6.92 Å². The quantitative estimate of drug-likeness (QED) is 0.241. The highest BCUT2D eigenvalue weighted by Crippen LogP contribution is 2.42. The van der Waals surface area contributed by atoms with Crippen molar-refractivity contribution in [2.24, 2.45) is 0 Å². The summed E-state index contributed by atoms with van der Waals surface area (Å²) in [5.74, 6) is 2.77. The Hall–Kier alpha value is -4.66. The second-order valence-electron chi connectivity index (χ2n) is 10.3. The Morgan fingerprint density at radius 2 is 1.81 bits per heavy atom. The number of hydrogen-bond acceptors (Lipinski definition) is 8. The third kappa shape index (κ3) is 6.15. The summed E-state index contributed by atoms with van der Waals surface area (Å²) >= 11 is 0. The second-order valence-corrected chi connectivity index (χ2v) is 10.3. The van der Waals surface area contributed by atoms with Crippen molar-refractivity contribution in [1.82, 2.24) is 9.88 Å². The van der Waals surface area contributed by atoms with Crippen LogP contribution in [-0.2, 0) is 24.1 Å². The van der Waals surface area contributed by atoms with Gasteiger partial charge in [-0.05, 0) is 77.6 Å². The summed E-state index contributed by atoms with van der Waals surface area (Å²) in [7, 11) is 4.90. The molecule has 1 aliphatic rings. The number of nitrogen functional groups attached to an aromatic ring is 1. The topological polar surface area (TPSA) is 109 Å². The van der Waals surface area contributed by atoms with Crippen LogP contribution in [0.5, 0.6) is 23.0 Å². The van der Waals surface area contributed by atoms with Crippen molar-refractivity contribution in [3.05, 3.63) is 94.7 Å². The Bertz CT molecular complexity index is 1540. The van der Waals surface area contributed by atoms with Gasteiger partial charge in [-0.15, -0.1) is 0 Å². The molecule has 42 heavy (non-hydrogen) atoms. The van der Waals surface area contributed by atoms with Crippen molar-refractivity contribution in [3.8, 4) is 23.0 Å². The molecule has 1 aliphatic heterocycles. The number of benzene rings is 3. The molecular formula is C33H37N3O6. The van der Waals surface area contributed by atoms with Crippen LogP contribution in [0.25, 0.3) is 0 Å². The minimum absolute atomic E-state index is 0.0549. The van der Waals surface area contributed by atoms with E-state index in [2.05, 4.69) is 4.98 Å². The number of carbonyl (C=O) groups is 1. The van der Waals surface area contributed by atoms with Crippen molar-refractivity contribution in [1.29, 1.82) is 0 Å². The molecule has 220 valence electrons. The van der Waals surface area contributed by atoms with E-state index in [4.69, 9.17) is 29.1 Å². The Morgan fingerprint density at radius 3 is 2.50 bits per heavy atom. The number of carbonyl (C=O) groups excluding carboxylic acids is 1. The Balaban J connectivity index is 1.45. The summed E-state index contributed by atoms with van der Waals surface area (Å²) in [5, 5.41) is 0. The molecule has 9 nitrogen and oxygen atoms in total. The lowest BCUT2D eigenvalue weighted by Crippen LogP contribution is -2.41. The van der Waals surface area contributed by atoms with E-state index in [1.165, 1.54) is 6.39 Å². The number of anilines is 1. The molecule has 0 spiro atoms. The van der Waals surface area contributed by atoms with Crippen LogP contribution >= 0.6 is 0 Å². The monoisotopic (exact) mass is 571 g/mol. The number of fused-ring (bicyclic) bond motifs is 1. The minimum atomic E-state index is -0.292. The van der Waals surface area contributed by atoms with Crippen molar-refractivity contribution in [2.75, 3.05) is 40.2 Å². The van der Waals surface area contributed by atoms with Gasteiger partial charge in [-0.2, -0.15) is 0 Å². The van der Waals surface area contributed by atoms with Crippen molar-refractivity contribution in [3.63, 3.8) is 0 Å². The Kier molecular flexibility index (Phi) is 8.85. The number of amides is 1. The number of aryl methyl sites for hydroxylation is 2. The van der Waals surface area contributed by atoms with Crippen LogP contribution in [0.2, 0.25) is 0 Å². The highest BCUT2D eigenvalue weighted by molar-refractivity contribution is 5.78. The van der Waals surface area contributed by atoms with Crippen molar-refractivity contribution >= 4 is 11.6 Å². The van der Waals surface area contributed by atoms with E-state index in [0.717, 1.165) is 39.3 Å². The molecule has 9 heteroatoms. The summed E-state index contributed by atoms with van der Waals surface area (Å²) in [6.45, 7) is 3.06. The zero-order chi connectivity index (χ0) is 29.6. The van der Waals surface area contributed by atoms with Gasteiger partial charge < -0.3 is 34.0 Å². The standard InChI is InChI=1S/C33H37N3O6/c1-21-15-25(38-2)7-8-26(21)33-27-18-31(42-14-12-22-5-9-29(39-3)28(34)16-22)30(40-4)17-23(27)11-13-36(33)32(37)10-6-24-19-41-20-35-24/h5,7-9,15-20,33H,6,10-14,34H2,1-4H3. The van der Waals surface area contributed by atoms with Gasteiger partial charge in [0.15, 0.2) is 17.9 Å². The Morgan fingerprint density at radius 1 is 0.976 bits per heavy atom. The fourth-order valence-electron chi connectivity index (χ4n) is 5.54.